The molecule has 0 spiro atoms. The molecular weight excluding hydrogens is 282 g/mol. The lowest BCUT2D eigenvalue weighted by Crippen LogP contribution is -2.34. The number of hydrogen-bond acceptors (Lipinski definition) is 3. The van der Waals surface area contributed by atoms with Gasteiger partial charge in [-0.15, -0.1) is 0 Å². The smallest absolute Gasteiger partial charge is 0.337 e. The maximum absolute atomic E-state index is 11.9. The largest absolute Gasteiger partial charge is 0.478 e. The van der Waals surface area contributed by atoms with Crippen molar-refractivity contribution in [2.45, 2.75) is 6.92 Å². The van der Waals surface area contributed by atoms with Gasteiger partial charge in [-0.3, -0.25) is 0 Å². The highest BCUT2D eigenvalue weighted by molar-refractivity contribution is 6.31. The molecule has 0 bridgehead atoms. The van der Waals surface area contributed by atoms with Crippen molar-refractivity contribution in [3.8, 4) is 6.07 Å². The van der Waals surface area contributed by atoms with Crippen molar-refractivity contribution < 1.29 is 14.7 Å². The van der Waals surface area contributed by atoms with Gasteiger partial charge in [-0.05, 0) is 25.1 Å². The Bertz CT molecular complexity index is 568. The van der Waals surface area contributed by atoms with Gasteiger partial charge in [0.1, 0.15) is 0 Å². The number of carboxylic acids is 1. The number of amides is 2. The number of nitrogens with zero attached hydrogens (tertiary/aromatic N) is 2. The molecule has 6 nitrogen and oxygen atoms in total. The van der Waals surface area contributed by atoms with Crippen molar-refractivity contribution in [3.63, 3.8) is 0 Å². The number of urea groups is 1. The first kappa shape index (κ1) is 15.8. The summed E-state index contributed by atoms with van der Waals surface area (Å²) in [5.74, 6) is -1.48. The number of carboxylic acid groups (broad SMARTS) is 1. The molecule has 0 heterocycles. The van der Waals surface area contributed by atoms with Gasteiger partial charge in [-0.2, -0.15) is 5.26 Å². The van der Waals surface area contributed by atoms with Gasteiger partial charge < -0.3 is 15.3 Å². The molecule has 0 aliphatic heterocycles. The number of anilines is 1. The maximum Gasteiger partial charge on any atom is 0.337 e. The fourth-order valence-electron chi connectivity index (χ4n) is 1.55. The van der Waals surface area contributed by atoms with Crippen LogP contribution in [0.2, 0.25) is 5.02 Å². The lowest BCUT2D eigenvalue weighted by atomic mass is 10.2. The Morgan fingerprint density at radius 3 is 2.75 bits per heavy atom. The number of benzene rings is 1. The summed E-state index contributed by atoms with van der Waals surface area (Å²) in [7, 11) is 1.52. The molecule has 20 heavy (non-hydrogen) atoms. The molecule has 1 atom stereocenters. The average Bonchev–Trinajstić information content (AvgIpc) is 2.38. The highest BCUT2D eigenvalue weighted by atomic mass is 35.5. The van der Waals surface area contributed by atoms with Crippen LogP contribution in [0, 0.1) is 17.2 Å². The Labute approximate surface area is 121 Å². The number of nitrogens with one attached hydrogen (secondary N) is 1. The number of carbonyl (C=O) groups is 2. The van der Waals surface area contributed by atoms with Crippen LogP contribution in [0.4, 0.5) is 10.5 Å². The lowest BCUT2D eigenvalue weighted by molar-refractivity contribution is 0.0698. The van der Waals surface area contributed by atoms with Crippen molar-refractivity contribution in [2.75, 3.05) is 18.9 Å². The second kappa shape index (κ2) is 6.78. The molecule has 0 saturated carbocycles. The van der Waals surface area contributed by atoms with Crippen LogP contribution in [0.5, 0.6) is 0 Å². The van der Waals surface area contributed by atoms with Gasteiger partial charge in [0.2, 0.25) is 0 Å². The third-order valence-electron chi connectivity index (χ3n) is 2.57. The molecule has 2 N–H and O–H groups in total. The summed E-state index contributed by atoms with van der Waals surface area (Å²) in [5, 5.41) is 20.5. The van der Waals surface area contributed by atoms with Crippen molar-refractivity contribution >= 4 is 29.3 Å². The first-order valence-corrected chi connectivity index (χ1v) is 6.17. The van der Waals surface area contributed by atoms with Gasteiger partial charge in [0.25, 0.3) is 0 Å². The second-order valence-corrected chi connectivity index (χ2v) is 4.77. The zero-order chi connectivity index (χ0) is 15.3. The molecule has 1 aromatic carbocycles. The van der Waals surface area contributed by atoms with Crippen LogP contribution in [0.15, 0.2) is 18.2 Å². The van der Waals surface area contributed by atoms with E-state index in [1.165, 1.54) is 30.1 Å². The van der Waals surface area contributed by atoms with Crippen LogP contribution in [0.3, 0.4) is 0 Å². The fraction of sp³-hybridized carbons (Fsp3) is 0.308. The summed E-state index contributed by atoms with van der Waals surface area (Å²) >= 11 is 5.79. The van der Waals surface area contributed by atoms with Crippen molar-refractivity contribution in [2.24, 2.45) is 5.92 Å². The minimum atomic E-state index is -1.16. The van der Waals surface area contributed by atoms with E-state index in [1.807, 2.05) is 6.07 Å². The first-order chi connectivity index (χ1) is 9.35. The Balaban J connectivity index is 2.88. The van der Waals surface area contributed by atoms with Gasteiger partial charge in [0, 0.05) is 18.6 Å². The van der Waals surface area contributed by atoms with Crippen LogP contribution in [0.25, 0.3) is 0 Å². The van der Waals surface area contributed by atoms with Crippen LogP contribution in [-0.2, 0) is 0 Å². The number of hydrogen-bond donors (Lipinski definition) is 2. The summed E-state index contributed by atoms with van der Waals surface area (Å²) in [6.07, 6.45) is 0. The van der Waals surface area contributed by atoms with Crippen LogP contribution in [-0.4, -0.2) is 35.6 Å². The first-order valence-electron chi connectivity index (χ1n) is 5.79. The Kier molecular flexibility index (Phi) is 5.35. The molecule has 0 fully saturated rings. The number of rotatable bonds is 4. The quantitative estimate of drug-likeness (QED) is 0.893. The number of aromatic carboxylic acids is 1. The van der Waals surface area contributed by atoms with Crippen molar-refractivity contribution in [3.05, 3.63) is 28.8 Å². The van der Waals surface area contributed by atoms with Gasteiger partial charge in [0.05, 0.1) is 23.2 Å². The standard InChI is InChI=1S/C13H14ClN3O3/c1-8(6-15)7-17(2)13(20)16-11-5-9(14)3-4-10(11)12(18)19/h3-5,8H,7H2,1-2H3,(H,16,20)(H,18,19). The highest BCUT2D eigenvalue weighted by Gasteiger charge is 2.16. The molecular formula is C13H14ClN3O3. The predicted octanol–water partition coefficient (Wildman–Crippen LogP) is 2.66. The normalized spacial score (nSPS) is 11.3. The summed E-state index contributed by atoms with van der Waals surface area (Å²) in [6.45, 7) is 1.93. The molecule has 7 heteroatoms. The van der Waals surface area contributed by atoms with Crippen molar-refractivity contribution in [1.82, 2.24) is 4.90 Å². The third kappa shape index (κ3) is 4.14. The van der Waals surface area contributed by atoms with Gasteiger partial charge in [-0.1, -0.05) is 11.6 Å². The molecule has 0 aromatic heterocycles. The molecule has 0 radical (unpaired) electrons. The molecule has 1 unspecified atom stereocenters. The molecule has 106 valence electrons. The van der Waals surface area contributed by atoms with Crippen LogP contribution in [0.1, 0.15) is 17.3 Å². The predicted molar refractivity (Wildman–Crippen MR) is 74.8 cm³/mol. The van der Waals surface area contributed by atoms with Crippen LogP contribution >= 0.6 is 11.6 Å². The number of nitriles is 1. The zero-order valence-electron chi connectivity index (χ0n) is 11.1. The second-order valence-electron chi connectivity index (χ2n) is 4.34. The van der Waals surface area contributed by atoms with E-state index in [-0.39, 0.29) is 23.7 Å². The third-order valence-corrected chi connectivity index (χ3v) is 2.80. The van der Waals surface area contributed by atoms with Gasteiger partial charge >= 0.3 is 12.0 Å². The number of carbonyl (C=O) groups excluding carboxylic acids is 1. The van der Waals surface area contributed by atoms with Crippen molar-refractivity contribution in [1.29, 1.82) is 5.26 Å². The number of halogens is 1. The molecule has 0 aliphatic rings. The molecule has 2 amide bonds. The summed E-state index contributed by atoms with van der Waals surface area (Å²) in [6, 6.07) is 5.63. The maximum atomic E-state index is 11.9. The minimum absolute atomic E-state index is 0.0514. The topological polar surface area (TPSA) is 93.4 Å². The van der Waals surface area contributed by atoms with E-state index in [1.54, 1.807) is 6.92 Å². The highest BCUT2D eigenvalue weighted by Crippen LogP contribution is 2.21. The van der Waals surface area contributed by atoms with Gasteiger partial charge in [0.15, 0.2) is 0 Å². The SMILES string of the molecule is CC(C#N)CN(C)C(=O)Nc1cc(Cl)ccc1C(=O)O. The molecule has 1 aromatic rings. The summed E-state index contributed by atoms with van der Waals surface area (Å²) in [5.41, 5.74) is 0.0657. The Morgan fingerprint density at radius 2 is 2.20 bits per heavy atom. The van der Waals surface area contributed by atoms with E-state index in [2.05, 4.69) is 5.32 Å². The minimum Gasteiger partial charge on any atom is -0.478 e. The van der Waals surface area contributed by atoms with Crippen LogP contribution < -0.4 is 5.32 Å². The van der Waals surface area contributed by atoms with E-state index < -0.39 is 12.0 Å². The Hall–Kier alpha value is -2.26. The van der Waals surface area contributed by atoms with E-state index >= 15 is 0 Å². The summed E-state index contributed by atoms with van der Waals surface area (Å²) in [4.78, 5) is 24.3. The van der Waals surface area contributed by atoms with E-state index in [0.717, 1.165) is 0 Å². The monoisotopic (exact) mass is 295 g/mol. The fourth-order valence-corrected chi connectivity index (χ4v) is 1.72. The Morgan fingerprint density at radius 1 is 1.55 bits per heavy atom. The average molecular weight is 296 g/mol. The molecule has 0 aliphatic carbocycles. The van der Waals surface area contributed by atoms with E-state index in [0.29, 0.717) is 5.02 Å². The lowest BCUT2D eigenvalue weighted by Gasteiger charge is -2.19. The van der Waals surface area contributed by atoms with Gasteiger partial charge in [-0.25, -0.2) is 9.59 Å². The molecule has 1 rings (SSSR count). The van der Waals surface area contributed by atoms with E-state index in [4.69, 9.17) is 22.0 Å². The zero-order valence-corrected chi connectivity index (χ0v) is 11.8. The summed E-state index contributed by atoms with van der Waals surface area (Å²) < 4.78 is 0. The molecule has 0 saturated heterocycles. The van der Waals surface area contributed by atoms with E-state index in [9.17, 15) is 9.59 Å².